The third kappa shape index (κ3) is 5.10. The Morgan fingerprint density at radius 1 is 1.17 bits per heavy atom. The first-order valence-electron chi connectivity index (χ1n) is 10.2. The summed E-state index contributed by atoms with van der Waals surface area (Å²) < 4.78 is 4.99. The molecule has 0 spiro atoms. The number of benzene rings is 1. The number of hydrogen-bond acceptors (Lipinski definition) is 6. The number of esters is 1. The fraction of sp³-hybridized carbons (Fsp3) is 0.455. The van der Waals surface area contributed by atoms with E-state index in [9.17, 15) is 9.59 Å². The van der Waals surface area contributed by atoms with Crippen molar-refractivity contribution in [1.29, 1.82) is 0 Å². The summed E-state index contributed by atoms with van der Waals surface area (Å²) in [7, 11) is 0. The fourth-order valence-corrected chi connectivity index (χ4v) is 3.61. The number of aryl methyl sites for hydroxylation is 1. The van der Waals surface area contributed by atoms with Gasteiger partial charge in [-0.15, -0.1) is 0 Å². The predicted octanol–water partition coefficient (Wildman–Crippen LogP) is 4.11. The van der Waals surface area contributed by atoms with Crippen molar-refractivity contribution >= 4 is 23.5 Å². The van der Waals surface area contributed by atoms with Crippen LogP contribution in [0.25, 0.3) is 0 Å². The lowest BCUT2D eigenvalue weighted by Crippen LogP contribution is -2.43. The maximum absolute atomic E-state index is 13.1. The number of nitrogens with one attached hydrogen (secondary N) is 1. The van der Waals surface area contributed by atoms with E-state index in [4.69, 9.17) is 4.74 Å². The summed E-state index contributed by atoms with van der Waals surface area (Å²) in [6, 6.07) is 8.90. The number of carbonyl (C=O) groups is 2. The van der Waals surface area contributed by atoms with Crippen LogP contribution < -0.4 is 5.32 Å². The standard InChI is InChI=1S/C22H28N4O3/c1-4-18-8-6-7-13-26(18)20(27)19-14-15(3)23-22(25-19)24-17-11-9-16(10-12-17)21(28)29-5-2/h9-12,14,18H,4-8,13H2,1-3H3,(H,23,24,25). The maximum atomic E-state index is 13.1. The molecule has 1 amide bonds. The number of ether oxygens (including phenoxy) is 1. The SMILES string of the molecule is CCOC(=O)c1ccc(Nc2nc(C)cc(C(=O)N3CCCCC3CC)n2)cc1. The molecule has 1 unspecified atom stereocenters. The molecule has 0 aliphatic carbocycles. The van der Waals surface area contributed by atoms with E-state index in [0.29, 0.717) is 23.8 Å². The molecule has 0 bridgehead atoms. The number of likely N-dealkylation sites (tertiary alicyclic amines) is 1. The van der Waals surface area contributed by atoms with E-state index < -0.39 is 0 Å². The van der Waals surface area contributed by atoms with Crippen LogP contribution in [0.2, 0.25) is 0 Å². The first-order valence-corrected chi connectivity index (χ1v) is 10.2. The molecule has 1 aromatic carbocycles. The average molecular weight is 396 g/mol. The zero-order chi connectivity index (χ0) is 20.8. The Hall–Kier alpha value is -2.96. The van der Waals surface area contributed by atoms with Crippen LogP contribution in [0.3, 0.4) is 0 Å². The van der Waals surface area contributed by atoms with Gasteiger partial charge in [0, 0.05) is 24.0 Å². The van der Waals surface area contributed by atoms with Crippen molar-refractivity contribution in [2.24, 2.45) is 0 Å². The highest BCUT2D eigenvalue weighted by Gasteiger charge is 2.27. The van der Waals surface area contributed by atoms with Gasteiger partial charge in [-0.3, -0.25) is 4.79 Å². The molecule has 29 heavy (non-hydrogen) atoms. The van der Waals surface area contributed by atoms with Crippen molar-refractivity contribution in [2.45, 2.75) is 52.5 Å². The van der Waals surface area contributed by atoms with Gasteiger partial charge in [-0.2, -0.15) is 0 Å². The molecule has 7 heteroatoms. The minimum atomic E-state index is -0.356. The Morgan fingerprint density at radius 2 is 1.93 bits per heavy atom. The minimum Gasteiger partial charge on any atom is -0.462 e. The summed E-state index contributed by atoms with van der Waals surface area (Å²) in [5.74, 6) is -0.0317. The van der Waals surface area contributed by atoms with Crippen LogP contribution in [0.5, 0.6) is 0 Å². The molecule has 0 saturated carbocycles. The molecule has 2 aromatic rings. The Balaban J connectivity index is 1.77. The van der Waals surface area contributed by atoms with Gasteiger partial charge in [-0.1, -0.05) is 6.92 Å². The summed E-state index contributed by atoms with van der Waals surface area (Å²) in [6.07, 6.45) is 4.20. The van der Waals surface area contributed by atoms with E-state index in [1.54, 1.807) is 37.3 Å². The lowest BCUT2D eigenvalue weighted by atomic mass is 9.99. The second-order valence-corrected chi connectivity index (χ2v) is 7.20. The number of hydrogen-bond donors (Lipinski definition) is 1. The van der Waals surface area contributed by atoms with Crippen LogP contribution in [0.4, 0.5) is 11.6 Å². The van der Waals surface area contributed by atoms with E-state index >= 15 is 0 Å². The topological polar surface area (TPSA) is 84.4 Å². The third-order valence-corrected chi connectivity index (χ3v) is 5.08. The normalized spacial score (nSPS) is 16.4. The number of nitrogens with zero attached hydrogens (tertiary/aromatic N) is 3. The van der Waals surface area contributed by atoms with Crippen molar-refractivity contribution < 1.29 is 14.3 Å². The lowest BCUT2D eigenvalue weighted by Gasteiger charge is -2.35. The molecule has 0 radical (unpaired) electrons. The highest BCUT2D eigenvalue weighted by atomic mass is 16.5. The van der Waals surface area contributed by atoms with Gasteiger partial charge in [0.25, 0.3) is 5.91 Å². The molecule has 3 rings (SSSR count). The third-order valence-electron chi connectivity index (χ3n) is 5.08. The molecule has 1 saturated heterocycles. The number of carbonyl (C=O) groups excluding carboxylic acids is 2. The monoisotopic (exact) mass is 396 g/mol. The largest absolute Gasteiger partial charge is 0.462 e. The molecule has 154 valence electrons. The van der Waals surface area contributed by atoms with Crippen molar-refractivity contribution in [3.63, 3.8) is 0 Å². The molecule has 1 atom stereocenters. The van der Waals surface area contributed by atoms with E-state index in [1.165, 1.54) is 6.42 Å². The lowest BCUT2D eigenvalue weighted by molar-refractivity contribution is 0.0525. The van der Waals surface area contributed by atoms with Crippen LogP contribution in [-0.4, -0.2) is 45.9 Å². The van der Waals surface area contributed by atoms with Crippen molar-refractivity contribution in [3.05, 3.63) is 47.3 Å². The van der Waals surface area contributed by atoms with Gasteiger partial charge >= 0.3 is 5.97 Å². The van der Waals surface area contributed by atoms with Gasteiger partial charge in [-0.25, -0.2) is 14.8 Å². The zero-order valence-electron chi connectivity index (χ0n) is 17.3. The highest BCUT2D eigenvalue weighted by Crippen LogP contribution is 2.22. The van der Waals surface area contributed by atoms with E-state index in [0.717, 1.165) is 37.2 Å². The van der Waals surface area contributed by atoms with Gasteiger partial charge < -0.3 is 15.0 Å². The number of rotatable bonds is 6. The predicted molar refractivity (Wildman–Crippen MR) is 111 cm³/mol. The quantitative estimate of drug-likeness (QED) is 0.740. The van der Waals surface area contributed by atoms with Crippen LogP contribution in [-0.2, 0) is 4.74 Å². The van der Waals surface area contributed by atoms with E-state index in [-0.39, 0.29) is 17.9 Å². The number of anilines is 2. The van der Waals surface area contributed by atoms with E-state index in [2.05, 4.69) is 22.2 Å². The van der Waals surface area contributed by atoms with Gasteiger partial charge in [0.1, 0.15) is 5.69 Å². The molecule has 1 fully saturated rings. The molecule has 7 nitrogen and oxygen atoms in total. The molecular formula is C22H28N4O3. The van der Waals surface area contributed by atoms with Crippen LogP contribution in [0.15, 0.2) is 30.3 Å². The molecule has 1 N–H and O–H groups in total. The Labute approximate surface area is 171 Å². The van der Waals surface area contributed by atoms with Crippen molar-refractivity contribution in [2.75, 3.05) is 18.5 Å². The number of piperidine rings is 1. The Kier molecular flexibility index (Phi) is 6.80. The second kappa shape index (κ2) is 9.49. The summed E-state index contributed by atoms with van der Waals surface area (Å²) >= 11 is 0. The van der Waals surface area contributed by atoms with Gasteiger partial charge in [0.15, 0.2) is 0 Å². The van der Waals surface area contributed by atoms with Crippen molar-refractivity contribution in [1.82, 2.24) is 14.9 Å². The molecule has 1 aromatic heterocycles. The average Bonchev–Trinajstić information content (AvgIpc) is 2.73. The Bertz CT molecular complexity index is 867. The van der Waals surface area contributed by atoms with Gasteiger partial charge in [0.2, 0.25) is 5.95 Å². The summed E-state index contributed by atoms with van der Waals surface area (Å²) in [4.78, 5) is 35.6. The molecular weight excluding hydrogens is 368 g/mol. The molecule has 1 aliphatic rings. The van der Waals surface area contributed by atoms with Gasteiger partial charge in [-0.05, 0) is 69.9 Å². The van der Waals surface area contributed by atoms with Crippen LogP contribution in [0, 0.1) is 6.92 Å². The first-order chi connectivity index (χ1) is 14.0. The summed E-state index contributed by atoms with van der Waals surface area (Å²) in [5.41, 5.74) is 2.34. The number of aromatic nitrogens is 2. The fourth-order valence-electron chi connectivity index (χ4n) is 3.61. The van der Waals surface area contributed by atoms with Crippen LogP contribution in [0.1, 0.15) is 66.1 Å². The van der Waals surface area contributed by atoms with E-state index in [1.807, 2.05) is 11.8 Å². The highest BCUT2D eigenvalue weighted by molar-refractivity contribution is 5.93. The molecule has 1 aliphatic heterocycles. The first kappa shape index (κ1) is 20.8. The summed E-state index contributed by atoms with van der Waals surface area (Å²) in [5, 5.41) is 3.12. The minimum absolute atomic E-state index is 0.0391. The molecule has 2 heterocycles. The zero-order valence-corrected chi connectivity index (χ0v) is 17.3. The van der Waals surface area contributed by atoms with Crippen molar-refractivity contribution in [3.8, 4) is 0 Å². The summed E-state index contributed by atoms with van der Waals surface area (Å²) in [6.45, 7) is 6.85. The second-order valence-electron chi connectivity index (χ2n) is 7.20. The maximum Gasteiger partial charge on any atom is 0.338 e. The van der Waals surface area contributed by atoms with Gasteiger partial charge in [0.05, 0.1) is 12.2 Å². The van der Waals surface area contributed by atoms with Crippen LogP contribution >= 0.6 is 0 Å². The Morgan fingerprint density at radius 3 is 2.62 bits per heavy atom. The number of amides is 1. The smallest absolute Gasteiger partial charge is 0.338 e.